The molecule has 18 heavy (non-hydrogen) atoms. The molecule has 1 amide bonds. The Morgan fingerprint density at radius 2 is 1.72 bits per heavy atom. The topological polar surface area (TPSA) is 66.4 Å². The van der Waals surface area contributed by atoms with Gasteiger partial charge in [-0.25, -0.2) is 0 Å². The molecular formula is C14H21NO3. The Balaban J connectivity index is 1.95. The third-order valence-corrected chi connectivity index (χ3v) is 4.04. The van der Waals surface area contributed by atoms with Crippen LogP contribution < -0.4 is 5.32 Å². The van der Waals surface area contributed by atoms with Crippen molar-refractivity contribution in [1.29, 1.82) is 0 Å². The minimum Gasteiger partial charge on any atom is -0.481 e. The minimum atomic E-state index is -0.772. The molecule has 100 valence electrons. The highest BCUT2D eigenvalue weighted by Crippen LogP contribution is 2.25. The molecule has 2 aliphatic rings. The molecule has 0 unspecified atom stereocenters. The summed E-state index contributed by atoms with van der Waals surface area (Å²) in [5.41, 5.74) is 0. The number of hydrogen-bond acceptors (Lipinski definition) is 2. The maximum Gasteiger partial charge on any atom is 0.308 e. The van der Waals surface area contributed by atoms with Gasteiger partial charge < -0.3 is 10.4 Å². The zero-order valence-corrected chi connectivity index (χ0v) is 10.6. The predicted octanol–water partition coefficient (Wildman–Crippen LogP) is 2.10. The summed E-state index contributed by atoms with van der Waals surface area (Å²) >= 11 is 0. The van der Waals surface area contributed by atoms with Gasteiger partial charge in [0.1, 0.15) is 0 Å². The highest BCUT2D eigenvalue weighted by molar-refractivity contribution is 5.81. The van der Waals surface area contributed by atoms with Crippen LogP contribution in [0.4, 0.5) is 0 Å². The molecule has 0 heterocycles. The lowest BCUT2D eigenvalue weighted by atomic mass is 9.94. The SMILES string of the molecule is O=C(N[C@H]1CCCCC[C@H]1C(=O)O)C1CC=CC1. The number of carbonyl (C=O) groups excluding carboxylic acids is 1. The summed E-state index contributed by atoms with van der Waals surface area (Å²) in [4.78, 5) is 23.3. The van der Waals surface area contributed by atoms with Gasteiger partial charge in [-0.15, -0.1) is 0 Å². The van der Waals surface area contributed by atoms with Gasteiger partial charge in [0.05, 0.1) is 5.92 Å². The third-order valence-electron chi connectivity index (χ3n) is 4.04. The fraction of sp³-hybridized carbons (Fsp3) is 0.714. The highest BCUT2D eigenvalue weighted by atomic mass is 16.4. The molecule has 0 aromatic rings. The van der Waals surface area contributed by atoms with Crippen LogP contribution in [0.5, 0.6) is 0 Å². The summed E-state index contributed by atoms with van der Waals surface area (Å²) in [7, 11) is 0. The van der Waals surface area contributed by atoms with E-state index in [-0.39, 0.29) is 17.9 Å². The van der Waals surface area contributed by atoms with Crippen molar-refractivity contribution in [3.05, 3.63) is 12.2 Å². The molecule has 2 rings (SSSR count). The predicted molar refractivity (Wildman–Crippen MR) is 68.0 cm³/mol. The van der Waals surface area contributed by atoms with Crippen molar-refractivity contribution in [2.75, 3.05) is 0 Å². The Morgan fingerprint density at radius 3 is 2.39 bits per heavy atom. The smallest absolute Gasteiger partial charge is 0.308 e. The Bertz CT molecular complexity index is 343. The van der Waals surface area contributed by atoms with E-state index in [0.29, 0.717) is 6.42 Å². The van der Waals surface area contributed by atoms with Crippen molar-refractivity contribution in [3.8, 4) is 0 Å². The summed E-state index contributed by atoms with van der Waals surface area (Å²) < 4.78 is 0. The van der Waals surface area contributed by atoms with Gasteiger partial charge in [0.25, 0.3) is 0 Å². The number of hydrogen-bond donors (Lipinski definition) is 2. The van der Waals surface area contributed by atoms with Crippen LogP contribution in [0, 0.1) is 11.8 Å². The van der Waals surface area contributed by atoms with Crippen LogP contribution in [-0.2, 0) is 9.59 Å². The van der Waals surface area contributed by atoms with Crippen LogP contribution in [0.3, 0.4) is 0 Å². The van der Waals surface area contributed by atoms with Crippen LogP contribution >= 0.6 is 0 Å². The van der Waals surface area contributed by atoms with E-state index in [1.54, 1.807) is 0 Å². The van der Waals surface area contributed by atoms with E-state index in [1.807, 2.05) is 12.2 Å². The van der Waals surface area contributed by atoms with Gasteiger partial charge >= 0.3 is 5.97 Å². The molecule has 0 bridgehead atoms. The van der Waals surface area contributed by atoms with E-state index in [9.17, 15) is 14.7 Å². The Hall–Kier alpha value is -1.32. The minimum absolute atomic E-state index is 0.0164. The van der Waals surface area contributed by atoms with Gasteiger partial charge in [-0.2, -0.15) is 0 Å². The van der Waals surface area contributed by atoms with Gasteiger partial charge in [0.15, 0.2) is 0 Å². The summed E-state index contributed by atoms with van der Waals surface area (Å²) in [6.45, 7) is 0. The zero-order chi connectivity index (χ0) is 13.0. The Kier molecular flexibility index (Phi) is 4.39. The lowest BCUT2D eigenvalue weighted by molar-refractivity contribution is -0.143. The van der Waals surface area contributed by atoms with Gasteiger partial charge in [-0.3, -0.25) is 9.59 Å². The Morgan fingerprint density at radius 1 is 1.06 bits per heavy atom. The molecule has 4 nitrogen and oxygen atoms in total. The molecule has 1 saturated carbocycles. The highest BCUT2D eigenvalue weighted by Gasteiger charge is 2.32. The molecule has 1 fully saturated rings. The van der Waals surface area contributed by atoms with Crippen LogP contribution in [0.2, 0.25) is 0 Å². The molecule has 0 spiro atoms. The Labute approximate surface area is 107 Å². The number of nitrogens with one attached hydrogen (secondary N) is 1. The number of carboxylic acid groups (broad SMARTS) is 1. The lowest BCUT2D eigenvalue weighted by Crippen LogP contribution is -2.44. The van der Waals surface area contributed by atoms with Crippen LogP contribution in [0.15, 0.2) is 12.2 Å². The van der Waals surface area contributed by atoms with E-state index in [2.05, 4.69) is 5.32 Å². The normalized spacial score (nSPS) is 28.9. The van der Waals surface area contributed by atoms with Crippen molar-refractivity contribution >= 4 is 11.9 Å². The second-order valence-electron chi connectivity index (χ2n) is 5.34. The number of carboxylic acids is 1. The van der Waals surface area contributed by atoms with E-state index in [1.165, 1.54) is 0 Å². The number of aliphatic carboxylic acids is 1. The summed E-state index contributed by atoms with van der Waals surface area (Å²) in [6.07, 6.45) is 10.1. The molecule has 2 N–H and O–H groups in total. The summed E-state index contributed by atoms with van der Waals surface area (Å²) in [5.74, 6) is -1.14. The molecule has 2 aliphatic carbocycles. The standard InChI is InChI=1S/C14H21NO3/c16-13(10-6-4-5-7-10)15-12-9-3-1-2-8-11(12)14(17)18/h4-5,10-12H,1-3,6-9H2,(H,15,16)(H,17,18)/t11-,12+/m1/s1. The van der Waals surface area contributed by atoms with E-state index >= 15 is 0 Å². The van der Waals surface area contributed by atoms with Crippen molar-refractivity contribution in [2.24, 2.45) is 11.8 Å². The fourth-order valence-electron chi connectivity index (χ4n) is 2.91. The quantitative estimate of drug-likeness (QED) is 0.596. The van der Waals surface area contributed by atoms with E-state index < -0.39 is 11.9 Å². The first kappa shape index (κ1) is 13.1. The first-order valence-electron chi connectivity index (χ1n) is 6.86. The maximum absolute atomic E-state index is 12.0. The molecule has 2 atom stereocenters. The second-order valence-corrected chi connectivity index (χ2v) is 5.34. The van der Waals surface area contributed by atoms with Crippen LogP contribution in [0.1, 0.15) is 44.9 Å². The monoisotopic (exact) mass is 251 g/mol. The summed E-state index contributed by atoms with van der Waals surface area (Å²) in [5, 5.41) is 12.2. The van der Waals surface area contributed by atoms with Crippen LogP contribution in [-0.4, -0.2) is 23.0 Å². The third kappa shape index (κ3) is 3.12. The first-order valence-corrected chi connectivity index (χ1v) is 6.86. The number of amides is 1. The number of allylic oxidation sites excluding steroid dienone is 2. The lowest BCUT2D eigenvalue weighted by Gasteiger charge is -2.24. The molecule has 4 heteroatoms. The van der Waals surface area contributed by atoms with Gasteiger partial charge in [-0.05, 0) is 25.7 Å². The van der Waals surface area contributed by atoms with Crippen molar-refractivity contribution < 1.29 is 14.7 Å². The van der Waals surface area contributed by atoms with Gasteiger partial charge in [0, 0.05) is 12.0 Å². The van der Waals surface area contributed by atoms with Gasteiger partial charge in [0.2, 0.25) is 5.91 Å². The van der Waals surface area contributed by atoms with E-state index in [4.69, 9.17) is 0 Å². The van der Waals surface area contributed by atoms with Crippen molar-refractivity contribution in [2.45, 2.75) is 51.0 Å². The first-order chi connectivity index (χ1) is 8.68. The summed E-state index contributed by atoms with van der Waals surface area (Å²) in [6, 6.07) is -0.182. The molecule has 0 radical (unpaired) electrons. The number of carbonyl (C=O) groups is 2. The molecule has 0 aliphatic heterocycles. The molecule has 0 saturated heterocycles. The molecule has 0 aromatic heterocycles. The van der Waals surface area contributed by atoms with Gasteiger partial charge in [-0.1, -0.05) is 31.4 Å². The van der Waals surface area contributed by atoms with Crippen molar-refractivity contribution in [3.63, 3.8) is 0 Å². The second kappa shape index (κ2) is 6.03. The zero-order valence-electron chi connectivity index (χ0n) is 10.6. The largest absolute Gasteiger partial charge is 0.481 e. The van der Waals surface area contributed by atoms with E-state index in [0.717, 1.165) is 38.5 Å². The van der Waals surface area contributed by atoms with Crippen LogP contribution in [0.25, 0.3) is 0 Å². The number of rotatable bonds is 3. The fourth-order valence-corrected chi connectivity index (χ4v) is 2.91. The van der Waals surface area contributed by atoms with Crippen molar-refractivity contribution in [1.82, 2.24) is 5.32 Å². The maximum atomic E-state index is 12.0. The average Bonchev–Trinajstić information content (AvgIpc) is 2.77. The molecule has 0 aromatic carbocycles. The average molecular weight is 251 g/mol. The molecular weight excluding hydrogens is 230 g/mol.